The summed E-state index contributed by atoms with van der Waals surface area (Å²) < 4.78 is 35.8. The van der Waals surface area contributed by atoms with Gasteiger partial charge < -0.3 is 23.9 Å². The summed E-state index contributed by atoms with van der Waals surface area (Å²) in [7, 11) is -0.0535. The van der Waals surface area contributed by atoms with Crippen LogP contribution in [-0.4, -0.2) is 60.5 Å². The summed E-state index contributed by atoms with van der Waals surface area (Å²) in [5.41, 5.74) is -1.36. The molecule has 1 saturated heterocycles. The van der Waals surface area contributed by atoms with Crippen molar-refractivity contribution in [1.82, 2.24) is 0 Å². The second-order valence-corrected chi connectivity index (χ2v) is 3.83. The van der Waals surface area contributed by atoms with Gasteiger partial charge in [0.25, 0.3) is 14.9 Å². The SMILES string of the molecule is [2H]B(C)OC[C@H]1OC(OC)[C@@](C)(O)[C@@H]1OB([2H])C. The molecule has 1 aliphatic rings. The van der Waals surface area contributed by atoms with Gasteiger partial charge in [-0.15, -0.1) is 0 Å². The van der Waals surface area contributed by atoms with Crippen LogP contribution >= 0.6 is 0 Å². The minimum absolute atomic E-state index is 0.109. The number of methoxy groups -OCH3 is 1. The maximum Gasteiger partial charge on any atom is 0.272 e. The summed E-state index contributed by atoms with van der Waals surface area (Å²) in [5, 5.41) is 10.3. The van der Waals surface area contributed by atoms with E-state index in [-0.39, 0.29) is 6.61 Å². The number of aliphatic hydroxyl groups is 1. The molecule has 7 heteroatoms. The minimum atomic E-state index is -1.36. The molecule has 1 rings (SSSR count). The van der Waals surface area contributed by atoms with E-state index in [1.165, 1.54) is 7.11 Å². The largest absolute Gasteiger partial charge is 0.437 e. The number of rotatable bonds is 6. The third kappa shape index (κ3) is 2.78. The van der Waals surface area contributed by atoms with Crippen molar-refractivity contribution in [3.63, 3.8) is 0 Å². The van der Waals surface area contributed by atoms with Crippen molar-refractivity contribution in [2.75, 3.05) is 13.7 Å². The molecule has 0 amide bonds. The predicted molar refractivity (Wildman–Crippen MR) is 63.1 cm³/mol. The van der Waals surface area contributed by atoms with Crippen LogP contribution in [0.2, 0.25) is 13.6 Å². The molecule has 16 heavy (non-hydrogen) atoms. The lowest BCUT2D eigenvalue weighted by Gasteiger charge is -2.29. The van der Waals surface area contributed by atoms with Crippen LogP contribution in [0.4, 0.5) is 0 Å². The van der Waals surface area contributed by atoms with E-state index in [1.807, 2.05) is 0 Å². The van der Waals surface area contributed by atoms with Gasteiger partial charge in [-0.3, -0.25) is 0 Å². The van der Waals surface area contributed by atoms with E-state index >= 15 is 0 Å². The highest BCUT2D eigenvalue weighted by atomic mass is 16.7. The highest BCUT2D eigenvalue weighted by Gasteiger charge is 2.53. The van der Waals surface area contributed by atoms with Crippen molar-refractivity contribution in [3.05, 3.63) is 0 Å². The molecule has 0 saturated carbocycles. The molecule has 0 aromatic carbocycles. The second-order valence-electron chi connectivity index (χ2n) is 3.83. The topological polar surface area (TPSA) is 57.2 Å². The lowest BCUT2D eigenvalue weighted by Crippen LogP contribution is -2.48. The van der Waals surface area contributed by atoms with Crippen molar-refractivity contribution >= 4 is 14.9 Å². The summed E-state index contributed by atoms with van der Waals surface area (Å²) in [4.78, 5) is 0. The van der Waals surface area contributed by atoms with Gasteiger partial charge in [0, 0.05) is 9.78 Å². The minimum Gasteiger partial charge on any atom is -0.437 e. The Balaban J connectivity index is 2.74. The highest BCUT2D eigenvalue weighted by Crippen LogP contribution is 2.33. The van der Waals surface area contributed by atoms with Crippen molar-refractivity contribution < 1.29 is 23.9 Å². The molecule has 92 valence electrons. The van der Waals surface area contributed by atoms with Gasteiger partial charge in [0.1, 0.15) is 17.8 Å². The standard InChI is InChI=1S/C9H20B2O5/c1-9(12)7(16-11-3)6(5-14-10-2)15-8(9)13-4/h6-8,10-12H,5H2,1-4H3/t6-,7-,8?,9+/m1/s1/i10D,11D. The fourth-order valence-electron chi connectivity index (χ4n) is 1.86. The third-order valence-corrected chi connectivity index (χ3v) is 2.61. The van der Waals surface area contributed by atoms with Gasteiger partial charge in [-0.2, -0.15) is 0 Å². The molecule has 0 radical (unpaired) electrons. The fourth-order valence-corrected chi connectivity index (χ4v) is 1.86. The second kappa shape index (κ2) is 6.02. The molecule has 0 aliphatic carbocycles. The number of ether oxygens (including phenoxy) is 2. The van der Waals surface area contributed by atoms with Gasteiger partial charge in [0.2, 0.25) is 0 Å². The van der Waals surface area contributed by atoms with Crippen molar-refractivity contribution in [2.24, 2.45) is 0 Å². The van der Waals surface area contributed by atoms with Gasteiger partial charge in [0.05, 0.1) is 6.61 Å². The Morgan fingerprint density at radius 1 is 1.50 bits per heavy atom. The van der Waals surface area contributed by atoms with Crippen LogP contribution in [0.3, 0.4) is 0 Å². The first-order valence-corrected chi connectivity index (χ1v) is 5.31. The molecular weight excluding hydrogens is 210 g/mol. The quantitative estimate of drug-likeness (QED) is 0.614. The molecule has 5 nitrogen and oxygen atoms in total. The Hall–Kier alpha value is -0.0701. The molecule has 1 fully saturated rings. The number of hydrogen-bond donors (Lipinski definition) is 1. The monoisotopic (exact) mass is 232 g/mol. The third-order valence-electron chi connectivity index (χ3n) is 2.61. The van der Waals surface area contributed by atoms with E-state index in [0.29, 0.717) is 0 Å². The summed E-state index contributed by atoms with van der Waals surface area (Å²) in [6.07, 6.45) is -2.13. The normalized spacial score (nSPS) is 40.4. The Morgan fingerprint density at radius 3 is 2.69 bits per heavy atom. The Labute approximate surface area is 101 Å². The first-order chi connectivity index (χ1) is 8.28. The summed E-state index contributed by atoms with van der Waals surface area (Å²) in [6.45, 7) is 4.79. The van der Waals surface area contributed by atoms with Crippen LogP contribution < -0.4 is 0 Å². The predicted octanol–water partition coefficient (Wildman–Crippen LogP) is -0.690. The van der Waals surface area contributed by atoms with E-state index in [4.69, 9.17) is 21.5 Å². The molecular formula is C9H20B2O5. The van der Waals surface area contributed by atoms with Crippen LogP contribution in [0.1, 0.15) is 6.92 Å². The van der Waals surface area contributed by atoms with Crippen LogP contribution in [-0.2, 0) is 18.8 Å². The first kappa shape index (κ1) is 11.0. The Morgan fingerprint density at radius 2 is 2.19 bits per heavy atom. The van der Waals surface area contributed by atoms with Crippen molar-refractivity contribution in [3.8, 4) is 0 Å². The van der Waals surface area contributed by atoms with E-state index in [1.54, 1.807) is 20.6 Å². The molecule has 1 aliphatic heterocycles. The van der Waals surface area contributed by atoms with Crippen LogP contribution in [0, 0.1) is 0 Å². The maximum absolute atomic E-state index is 10.3. The Kier molecular flexibility index (Phi) is 4.16. The van der Waals surface area contributed by atoms with E-state index in [0.717, 1.165) is 0 Å². The molecule has 0 spiro atoms. The average Bonchev–Trinajstić information content (AvgIpc) is 2.48. The zero-order chi connectivity index (χ0) is 13.9. The summed E-state index contributed by atoms with van der Waals surface area (Å²) in [6, 6.07) is 0. The Bertz CT molecular complexity index is 267. The molecule has 1 heterocycles. The average molecular weight is 232 g/mol. The van der Waals surface area contributed by atoms with Gasteiger partial charge in [-0.05, 0) is 6.92 Å². The van der Waals surface area contributed by atoms with Gasteiger partial charge >= 0.3 is 0 Å². The van der Waals surface area contributed by atoms with E-state index in [2.05, 4.69) is 0 Å². The molecule has 0 aromatic heterocycles. The van der Waals surface area contributed by atoms with Crippen LogP contribution in [0.5, 0.6) is 0 Å². The van der Waals surface area contributed by atoms with E-state index in [9.17, 15) is 5.11 Å². The van der Waals surface area contributed by atoms with Crippen LogP contribution in [0.25, 0.3) is 0 Å². The molecule has 0 aromatic rings. The van der Waals surface area contributed by atoms with Crippen LogP contribution in [0.15, 0.2) is 0 Å². The van der Waals surface area contributed by atoms with Crippen molar-refractivity contribution in [2.45, 2.75) is 44.7 Å². The molecule has 1 N–H and O–H groups in total. The zero-order valence-corrected chi connectivity index (χ0v) is 10.2. The van der Waals surface area contributed by atoms with Gasteiger partial charge in [0.15, 0.2) is 6.29 Å². The van der Waals surface area contributed by atoms with E-state index < -0.39 is 39.0 Å². The molecule has 0 bridgehead atoms. The molecule has 1 unspecified atom stereocenters. The van der Waals surface area contributed by atoms with Crippen molar-refractivity contribution in [1.29, 1.82) is 2.67 Å². The lowest BCUT2D eigenvalue weighted by atomic mass is 9.94. The summed E-state index contributed by atoms with van der Waals surface area (Å²) in [5.74, 6) is 0. The molecule has 4 atom stereocenters. The smallest absolute Gasteiger partial charge is 0.272 e. The highest BCUT2D eigenvalue weighted by molar-refractivity contribution is 6.25. The fraction of sp³-hybridized carbons (Fsp3) is 1.00. The summed E-state index contributed by atoms with van der Waals surface area (Å²) >= 11 is 0. The number of hydrogen-bond acceptors (Lipinski definition) is 5. The lowest BCUT2D eigenvalue weighted by molar-refractivity contribution is -0.185. The van der Waals surface area contributed by atoms with Gasteiger partial charge in [-0.1, -0.05) is 13.6 Å². The first-order valence-electron chi connectivity index (χ1n) is 6.46. The maximum atomic E-state index is 10.3. The van der Waals surface area contributed by atoms with Gasteiger partial charge in [-0.25, -0.2) is 0 Å². The zero-order valence-electron chi connectivity index (χ0n) is 12.2.